The molecule has 0 atom stereocenters. The Bertz CT molecular complexity index is 1370. The van der Waals surface area contributed by atoms with Gasteiger partial charge in [-0.25, -0.2) is 9.78 Å². The molecular weight excluding hydrogens is 510 g/mol. The van der Waals surface area contributed by atoms with E-state index < -0.39 is 5.97 Å². The molecule has 6 nitrogen and oxygen atoms in total. The Balaban J connectivity index is 1.75. The Morgan fingerprint density at radius 1 is 1.12 bits per heavy atom. The van der Waals surface area contributed by atoms with Crippen LogP contribution in [0.3, 0.4) is 0 Å². The van der Waals surface area contributed by atoms with Crippen LogP contribution in [0.5, 0.6) is 0 Å². The Labute approximate surface area is 201 Å². The topological polar surface area (TPSA) is 94.3 Å². The van der Waals surface area contributed by atoms with Gasteiger partial charge in [0.05, 0.1) is 12.8 Å². The lowest BCUT2D eigenvalue weighted by Crippen LogP contribution is -2.14. The minimum Gasteiger partial charge on any atom is -0.465 e. The van der Waals surface area contributed by atoms with Crippen LogP contribution in [0.4, 0.5) is 10.7 Å². The highest BCUT2D eigenvalue weighted by Gasteiger charge is 2.25. The second-order valence-electron chi connectivity index (χ2n) is 7.28. The molecule has 3 heterocycles. The maximum absolute atomic E-state index is 13.2. The number of methoxy groups -OCH3 is 1. The number of aryl methyl sites for hydroxylation is 2. The molecule has 4 aromatic rings. The highest BCUT2D eigenvalue weighted by Crippen LogP contribution is 2.39. The molecular formula is C23H20BrN3O3S2. The van der Waals surface area contributed by atoms with Gasteiger partial charge in [-0.15, -0.1) is 22.7 Å². The Morgan fingerprint density at radius 2 is 1.81 bits per heavy atom. The van der Waals surface area contributed by atoms with Gasteiger partial charge in [0, 0.05) is 26.5 Å². The molecule has 0 unspecified atom stereocenters. The number of nitrogen functional groups attached to an aromatic ring is 1. The molecule has 1 amide bonds. The number of benzene rings is 1. The van der Waals surface area contributed by atoms with E-state index in [-0.39, 0.29) is 5.91 Å². The van der Waals surface area contributed by atoms with Crippen LogP contribution in [0.25, 0.3) is 21.3 Å². The molecule has 164 valence electrons. The lowest BCUT2D eigenvalue weighted by molar-refractivity contribution is 0.0603. The van der Waals surface area contributed by atoms with E-state index in [0.29, 0.717) is 26.7 Å². The molecule has 3 aromatic heterocycles. The summed E-state index contributed by atoms with van der Waals surface area (Å²) in [7, 11) is 1.32. The molecule has 0 radical (unpaired) electrons. The number of aromatic nitrogens is 1. The molecule has 0 saturated heterocycles. The SMILES string of the molecule is COC(=O)c1c(-c2ccc(Br)cc2)csc1NC(=O)c1sc2nc(C)c(C)c(C)c2c1N. The smallest absolute Gasteiger partial charge is 0.341 e. The van der Waals surface area contributed by atoms with Gasteiger partial charge >= 0.3 is 5.97 Å². The molecule has 1 aromatic carbocycles. The van der Waals surface area contributed by atoms with Gasteiger partial charge in [-0.3, -0.25) is 4.79 Å². The van der Waals surface area contributed by atoms with Crippen LogP contribution in [0.1, 0.15) is 36.9 Å². The minimum absolute atomic E-state index is 0.314. The van der Waals surface area contributed by atoms with Crippen molar-refractivity contribution in [2.24, 2.45) is 0 Å². The van der Waals surface area contributed by atoms with Crippen LogP contribution in [0, 0.1) is 20.8 Å². The molecule has 0 bridgehead atoms. The number of amides is 1. The first-order valence-corrected chi connectivity index (χ1v) is 12.1. The number of hydrogen-bond donors (Lipinski definition) is 2. The van der Waals surface area contributed by atoms with Crippen LogP contribution in [-0.2, 0) is 4.74 Å². The number of rotatable bonds is 4. The molecule has 0 spiro atoms. The van der Waals surface area contributed by atoms with Crippen LogP contribution in [0.15, 0.2) is 34.1 Å². The number of nitrogens with two attached hydrogens (primary N) is 1. The van der Waals surface area contributed by atoms with Gasteiger partial charge in [0.2, 0.25) is 0 Å². The van der Waals surface area contributed by atoms with Crippen molar-refractivity contribution in [2.45, 2.75) is 20.8 Å². The number of anilines is 2. The summed E-state index contributed by atoms with van der Waals surface area (Å²) in [4.78, 5) is 31.5. The molecule has 3 N–H and O–H groups in total. The van der Waals surface area contributed by atoms with E-state index in [2.05, 4.69) is 26.2 Å². The summed E-state index contributed by atoms with van der Waals surface area (Å²) in [6.07, 6.45) is 0. The first-order chi connectivity index (χ1) is 15.2. The number of halogens is 1. The number of pyridine rings is 1. The lowest BCUT2D eigenvalue weighted by Gasteiger charge is -2.08. The molecule has 9 heteroatoms. The Morgan fingerprint density at radius 3 is 2.47 bits per heavy atom. The quantitative estimate of drug-likeness (QED) is 0.301. The largest absolute Gasteiger partial charge is 0.465 e. The summed E-state index contributed by atoms with van der Waals surface area (Å²) < 4.78 is 5.93. The van der Waals surface area contributed by atoms with E-state index in [0.717, 1.165) is 37.1 Å². The summed E-state index contributed by atoms with van der Waals surface area (Å²) in [5.41, 5.74) is 11.6. The third kappa shape index (κ3) is 3.80. The number of carbonyl (C=O) groups excluding carboxylic acids is 2. The molecule has 0 aliphatic carbocycles. The standard InChI is InChI=1S/C23H20BrN3O3S2/c1-10-11(2)16-18(25)19(32-22(16)26-12(10)3)20(28)27-21-17(23(29)30-4)15(9-31-21)13-5-7-14(24)8-6-13/h5-9H,25H2,1-4H3,(H,27,28). The summed E-state index contributed by atoms with van der Waals surface area (Å²) >= 11 is 5.93. The van der Waals surface area contributed by atoms with Crippen LogP contribution in [-0.4, -0.2) is 24.0 Å². The number of nitrogens with zero attached hydrogens (tertiary/aromatic N) is 1. The fourth-order valence-electron chi connectivity index (χ4n) is 3.49. The average molecular weight is 530 g/mol. The highest BCUT2D eigenvalue weighted by atomic mass is 79.9. The van der Waals surface area contributed by atoms with Crippen molar-refractivity contribution in [3.63, 3.8) is 0 Å². The third-order valence-electron chi connectivity index (χ3n) is 5.45. The number of nitrogens with one attached hydrogen (secondary N) is 1. The Hall–Kier alpha value is -2.75. The Kier molecular flexibility index (Phi) is 6.07. The highest BCUT2D eigenvalue weighted by molar-refractivity contribution is 9.10. The van der Waals surface area contributed by atoms with E-state index >= 15 is 0 Å². The van der Waals surface area contributed by atoms with Gasteiger partial charge in [0.1, 0.15) is 20.3 Å². The lowest BCUT2D eigenvalue weighted by atomic mass is 10.0. The molecule has 0 aliphatic rings. The monoisotopic (exact) mass is 529 g/mol. The van der Waals surface area contributed by atoms with Crippen molar-refractivity contribution >= 4 is 71.4 Å². The zero-order valence-corrected chi connectivity index (χ0v) is 21.0. The number of hydrogen-bond acceptors (Lipinski definition) is 7. The van der Waals surface area contributed by atoms with Crippen LogP contribution < -0.4 is 11.1 Å². The van der Waals surface area contributed by atoms with E-state index in [4.69, 9.17) is 10.5 Å². The summed E-state index contributed by atoms with van der Waals surface area (Å²) in [6, 6.07) is 7.58. The van der Waals surface area contributed by atoms with Crippen molar-refractivity contribution < 1.29 is 14.3 Å². The van der Waals surface area contributed by atoms with Gasteiger partial charge in [-0.2, -0.15) is 0 Å². The van der Waals surface area contributed by atoms with E-state index in [1.54, 1.807) is 0 Å². The fraction of sp³-hybridized carbons (Fsp3) is 0.174. The molecule has 0 fully saturated rings. The van der Waals surface area contributed by atoms with E-state index in [1.165, 1.54) is 29.8 Å². The summed E-state index contributed by atoms with van der Waals surface area (Å²) in [5.74, 6) is -0.901. The zero-order chi connectivity index (χ0) is 23.2. The normalized spacial score (nSPS) is 11.0. The average Bonchev–Trinajstić information content (AvgIpc) is 3.33. The summed E-state index contributed by atoms with van der Waals surface area (Å²) in [5, 5.41) is 5.91. The van der Waals surface area contributed by atoms with Crippen molar-refractivity contribution in [1.82, 2.24) is 4.98 Å². The van der Waals surface area contributed by atoms with Gasteiger partial charge in [0.15, 0.2) is 0 Å². The van der Waals surface area contributed by atoms with Gasteiger partial charge in [0.25, 0.3) is 5.91 Å². The van der Waals surface area contributed by atoms with Crippen molar-refractivity contribution in [2.75, 3.05) is 18.2 Å². The first kappa shape index (κ1) is 22.4. The number of esters is 1. The number of fused-ring (bicyclic) bond motifs is 1. The summed E-state index contributed by atoms with van der Waals surface area (Å²) in [6.45, 7) is 5.91. The van der Waals surface area contributed by atoms with Crippen molar-refractivity contribution in [1.29, 1.82) is 0 Å². The van der Waals surface area contributed by atoms with Crippen LogP contribution in [0.2, 0.25) is 0 Å². The van der Waals surface area contributed by atoms with Crippen molar-refractivity contribution in [3.8, 4) is 11.1 Å². The van der Waals surface area contributed by atoms with Crippen LogP contribution >= 0.6 is 38.6 Å². The second kappa shape index (κ2) is 8.65. The number of carbonyl (C=O) groups is 2. The van der Waals surface area contributed by atoms with E-state index in [9.17, 15) is 9.59 Å². The van der Waals surface area contributed by atoms with E-state index in [1.807, 2.05) is 50.4 Å². The van der Waals surface area contributed by atoms with Gasteiger partial charge in [-0.1, -0.05) is 28.1 Å². The van der Waals surface area contributed by atoms with Gasteiger partial charge in [-0.05, 0) is 49.6 Å². The van der Waals surface area contributed by atoms with Gasteiger partial charge < -0.3 is 15.8 Å². The molecule has 0 saturated carbocycles. The predicted molar refractivity (Wildman–Crippen MR) is 135 cm³/mol. The molecule has 4 rings (SSSR count). The molecule has 32 heavy (non-hydrogen) atoms. The third-order valence-corrected chi connectivity index (χ3v) is 7.97. The first-order valence-electron chi connectivity index (χ1n) is 9.65. The fourth-order valence-corrected chi connectivity index (χ4v) is 5.81. The number of thiophene rings is 2. The van der Waals surface area contributed by atoms with Crippen molar-refractivity contribution in [3.05, 3.63) is 61.4 Å². The molecule has 0 aliphatic heterocycles. The maximum atomic E-state index is 13.2. The minimum atomic E-state index is -0.521. The zero-order valence-electron chi connectivity index (χ0n) is 17.8. The predicted octanol–water partition coefficient (Wildman–Crippen LogP) is 6.33. The number of ether oxygens (including phenoxy) is 1. The second-order valence-corrected chi connectivity index (χ2v) is 10.1. The maximum Gasteiger partial charge on any atom is 0.341 e.